The average Bonchev–Trinajstić information content (AvgIpc) is 2.81. The monoisotopic (exact) mass is 448 g/mol. The first-order valence-electron chi connectivity index (χ1n) is 11.6. The lowest BCUT2D eigenvalue weighted by Gasteiger charge is -2.35. The number of rotatable bonds is 1. The summed E-state index contributed by atoms with van der Waals surface area (Å²) < 4.78 is 12.9. The summed E-state index contributed by atoms with van der Waals surface area (Å²) in [6.07, 6.45) is 5.89. The van der Waals surface area contributed by atoms with Crippen LogP contribution in [0.25, 0.3) is 22.4 Å². The normalized spacial score (nSPS) is 18.9. The number of carbonyl (C=O) groups is 2. The average molecular weight is 449 g/mol. The van der Waals surface area contributed by atoms with Gasteiger partial charge < -0.3 is 9.47 Å². The molecule has 0 aromatic heterocycles. The van der Waals surface area contributed by atoms with Crippen LogP contribution in [0.4, 0.5) is 0 Å². The topological polar surface area (TPSA) is 52.6 Å². The maximum Gasteiger partial charge on any atom is 0.198 e. The predicted molar refractivity (Wildman–Crippen MR) is 133 cm³/mol. The molecule has 0 radical (unpaired) electrons. The Morgan fingerprint density at radius 3 is 2.06 bits per heavy atom. The van der Waals surface area contributed by atoms with Crippen molar-refractivity contribution < 1.29 is 19.1 Å². The molecular formula is C30H24O4. The lowest BCUT2D eigenvalue weighted by atomic mass is 9.76. The zero-order chi connectivity index (χ0) is 23.8. The first-order chi connectivity index (χ1) is 16.3. The van der Waals surface area contributed by atoms with Crippen molar-refractivity contribution in [1.29, 1.82) is 0 Å². The van der Waals surface area contributed by atoms with E-state index in [9.17, 15) is 9.59 Å². The molecule has 0 atom stereocenters. The van der Waals surface area contributed by atoms with E-state index in [0.29, 0.717) is 45.1 Å². The Bertz CT molecular complexity index is 1530. The van der Waals surface area contributed by atoms with Gasteiger partial charge in [-0.25, -0.2) is 0 Å². The largest absolute Gasteiger partial charge is 0.482 e. The van der Waals surface area contributed by atoms with Crippen LogP contribution in [-0.4, -0.2) is 17.2 Å². The first kappa shape index (κ1) is 20.7. The van der Waals surface area contributed by atoms with Crippen molar-refractivity contribution in [2.45, 2.75) is 33.3 Å². The van der Waals surface area contributed by atoms with E-state index in [-0.39, 0.29) is 17.5 Å². The molecule has 4 heteroatoms. The molecule has 0 bridgehead atoms. The summed E-state index contributed by atoms with van der Waals surface area (Å²) in [5, 5.41) is 1.76. The zero-order valence-corrected chi connectivity index (χ0v) is 19.6. The van der Waals surface area contributed by atoms with Gasteiger partial charge in [0.2, 0.25) is 0 Å². The molecule has 0 saturated heterocycles. The van der Waals surface area contributed by atoms with Gasteiger partial charge in [-0.3, -0.25) is 9.59 Å². The van der Waals surface area contributed by atoms with Gasteiger partial charge in [0.15, 0.2) is 11.6 Å². The fourth-order valence-corrected chi connectivity index (χ4v) is 5.03. The molecule has 3 aromatic carbocycles. The van der Waals surface area contributed by atoms with E-state index in [1.54, 1.807) is 24.3 Å². The Balaban J connectivity index is 1.78. The number of hydrogen-bond acceptors (Lipinski definition) is 4. The molecule has 3 aromatic rings. The highest BCUT2D eigenvalue weighted by Gasteiger charge is 2.42. The number of hydrogen-bond donors (Lipinski definition) is 0. The maximum absolute atomic E-state index is 14.0. The van der Waals surface area contributed by atoms with Crippen molar-refractivity contribution in [3.63, 3.8) is 0 Å². The third kappa shape index (κ3) is 2.84. The number of ketones is 2. The third-order valence-corrected chi connectivity index (χ3v) is 6.49. The molecule has 6 rings (SSSR count). The SMILES string of the molecule is CC(C)/C=C1\Oc2c(c3c(c4ccccc24)OC(C)(C)C=C3)C2=C1C(=O)c1ccccc1C2=O. The highest BCUT2D eigenvalue weighted by Crippen LogP contribution is 2.53. The summed E-state index contributed by atoms with van der Waals surface area (Å²) in [5.41, 5.74) is 2.46. The van der Waals surface area contributed by atoms with Gasteiger partial charge in [0.25, 0.3) is 0 Å². The molecule has 0 amide bonds. The molecular weight excluding hydrogens is 424 g/mol. The molecule has 168 valence electrons. The van der Waals surface area contributed by atoms with E-state index in [4.69, 9.17) is 9.47 Å². The Morgan fingerprint density at radius 1 is 0.824 bits per heavy atom. The van der Waals surface area contributed by atoms with Crippen LogP contribution in [0.5, 0.6) is 11.5 Å². The van der Waals surface area contributed by atoms with Gasteiger partial charge in [-0.2, -0.15) is 0 Å². The second kappa shape index (κ2) is 7.04. The molecule has 0 spiro atoms. The van der Waals surface area contributed by atoms with E-state index in [1.807, 2.05) is 70.2 Å². The zero-order valence-electron chi connectivity index (χ0n) is 19.6. The molecule has 1 aliphatic carbocycles. The van der Waals surface area contributed by atoms with Crippen molar-refractivity contribution in [3.05, 3.63) is 94.3 Å². The smallest absolute Gasteiger partial charge is 0.198 e. The number of fused-ring (bicyclic) bond motifs is 8. The van der Waals surface area contributed by atoms with Crippen molar-refractivity contribution in [2.75, 3.05) is 0 Å². The number of benzene rings is 3. The van der Waals surface area contributed by atoms with Gasteiger partial charge in [-0.15, -0.1) is 0 Å². The Hall–Kier alpha value is -3.92. The van der Waals surface area contributed by atoms with E-state index < -0.39 is 5.60 Å². The lowest BCUT2D eigenvalue weighted by Crippen LogP contribution is -2.30. The summed E-state index contributed by atoms with van der Waals surface area (Å²) in [5.74, 6) is 1.50. The van der Waals surface area contributed by atoms with E-state index in [2.05, 4.69) is 0 Å². The molecule has 2 heterocycles. The van der Waals surface area contributed by atoms with Gasteiger partial charge in [0.05, 0.1) is 5.57 Å². The van der Waals surface area contributed by atoms with E-state index >= 15 is 0 Å². The second-order valence-corrected chi connectivity index (χ2v) is 9.86. The minimum atomic E-state index is -0.502. The van der Waals surface area contributed by atoms with E-state index in [0.717, 1.165) is 16.3 Å². The fraction of sp³-hybridized carbons (Fsp3) is 0.200. The molecule has 4 nitrogen and oxygen atoms in total. The number of allylic oxidation sites excluding steroid dienone is 3. The quantitative estimate of drug-likeness (QED) is 0.411. The highest BCUT2D eigenvalue weighted by molar-refractivity contribution is 6.43. The van der Waals surface area contributed by atoms with Gasteiger partial charge in [-0.05, 0) is 31.9 Å². The molecule has 2 aliphatic heterocycles. The summed E-state index contributed by atoms with van der Waals surface area (Å²) >= 11 is 0. The van der Waals surface area contributed by atoms with Gasteiger partial charge >= 0.3 is 0 Å². The lowest BCUT2D eigenvalue weighted by molar-refractivity contribution is 0.0987. The standard InChI is InChI=1S/C30H24O4/c1-16(2)15-22-24-25(27(32)18-10-6-5-9-17(18)26(24)31)23-21-13-14-30(3,4)34-28(21)19-11-7-8-12-20(19)29(23)33-22/h5-16H,1-4H3/b22-15-. The van der Waals surface area contributed by atoms with Gasteiger partial charge in [0.1, 0.15) is 22.9 Å². The van der Waals surface area contributed by atoms with Crippen molar-refractivity contribution in [1.82, 2.24) is 0 Å². The second-order valence-electron chi connectivity index (χ2n) is 9.86. The number of carbonyl (C=O) groups excluding carboxylic acids is 2. The van der Waals surface area contributed by atoms with E-state index in [1.165, 1.54) is 0 Å². The number of ether oxygens (including phenoxy) is 2. The van der Waals surface area contributed by atoms with Crippen LogP contribution in [0.1, 0.15) is 59.5 Å². The van der Waals surface area contributed by atoms with Gasteiger partial charge in [0, 0.05) is 38.6 Å². The molecule has 3 aliphatic rings. The highest BCUT2D eigenvalue weighted by atomic mass is 16.5. The summed E-state index contributed by atoms with van der Waals surface area (Å²) in [6.45, 7) is 8.05. The van der Waals surface area contributed by atoms with Crippen molar-refractivity contribution >= 4 is 34.0 Å². The predicted octanol–water partition coefficient (Wildman–Crippen LogP) is 6.79. The van der Waals surface area contributed by atoms with Crippen LogP contribution >= 0.6 is 0 Å². The minimum absolute atomic E-state index is 0.123. The molecule has 0 saturated carbocycles. The minimum Gasteiger partial charge on any atom is -0.482 e. The maximum atomic E-state index is 14.0. The number of Topliss-reactive ketones (excluding diaryl/α,β-unsaturated/α-hetero) is 2. The van der Waals surface area contributed by atoms with Crippen molar-refractivity contribution in [3.8, 4) is 11.5 Å². The van der Waals surface area contributed by atoms with Crippen LogP contribution in [0.2, 0.25) is 0 Å². The first-order valence-corrected chi connectivity index (χ1v) is 11.6. The van der Waals surface area contributed by atoms with Crippen LogP contribution in [-0.2, 0) is 0 Å². The Morgan fingerprint density at radius 2 is 1.41 bits per heavy atom. The van der Waals surface area contributed by atoms with Crippen LogP contribution < -0.4 is 9.47 Å². The van der Waals surface area contributed by atoms with Crippen LogP contribution in [0, 0.1) is 5.92 Å². The molecule has 0 N–H and O–H groups in total. The Labute approximate surface area is 198 Å². The van der Waals surface area contributed by atoms with Crippen molar-refractivity contribution in [2.24, 2.45) is 5.92 Å². The Kier molecular flexibility index (Phi) is 4.28. The summed E-state index contributed by atoms with van der Waals surface area (Å²) in [6, 6.07) is 14.9. The molecule has 34 heavy (non-hydrogen) atoms. The summed E-state index contributed by atoms with van der Waals surface area (Å²) in [4.78, 5) is 27.7. The van der Waals surface area contributed by atoms with Crippen LogP contribution in [0.3, 0.4) is 0 Å². The van der Waals surface area contributed by atoms with Gasteiger partial charge in [-0.1, -0.05) is 68.5 Å². The summed E-state index contributed by atoms with van der Waals surface area (Å²) in [7, 11) is 0. The third-order valence-electron chi connectivity index (χ3n) is 6.49. The van der Waals surface area contributed by atoms with Crippen LogP contribution in [0.15, 0.2) is 72.0 Å². The molecule has 0 fully saturated rings. The fourth-order valence-electron chi connectivity index (χ4n) is 5.03. The molecule has 0 unspecified atom stereocenters.